The predicted molar refractivity (Wildman–Crippen MR) is 109 cm³/mol. The third-order valence-electron chi connectivity index (χ3n) is 3.87. The second-order valence-electron chi connectivity index (χ2n) is 5.70. The van der Waals surface area contributed by atoms with Gasteiger partial charge in [0.1, 0.15) is 5.75 Å². The number of para-hydroxylation sites is 1. The monoisotopic (exact) mass is 414 g/mol. The molecule has 2 aromatic carbocycles. The summed E-state index contributed by atoms with van der Waals surface area (Å²) in [6.07, 6.45) is 1.52. The number of nitrogens with one attached hydrogen (secondary N) is 1. The number of carboxylic acid groups (broad SMARTS) is 1. The van der Waals surface area contributed by atoms with E-state index in [4.69, 9.17) is 31.5 Å². The van der Waals surface area contributed by atoms with E-state index in [9.17, 15) is 4.79 Å². The van der Waals surface area contributed by atoms with Crippen LogP contribution in [0.5, 0.6) is 17.2 Å². The fourth-order valence-corrected chi connectivity index (χ4v) is 2.72. The van der Waals surface area contributed by atoms with E-state index in [0.29, 0.717) is 34.2 Å². The number of aromatic amines is 1. The molecule has 1 aromatic heterocycles. The number of carboxylic acids is 1. The van der Waals surface area contributed by atoms with Crippen molar-refractivity contribution < 1.29 is 24.1 Å². The number of hydrogen-bond donors (Lipinski definition) is 2. The highest BCUT2D eigenvalue weighted by Gasteiger charge is 2.12. The molecular formula is C19H18N4O5S. The third kappa shape index (κ3) is 4.61. The molecule has 0 aliphatic heterocycles. The molecule has 0 saturated carbocycles. The third-order valence-corrected chi connectivity index (χ3v) is 4.14. The van der Waals surface area contributed by atoms with Crippen molar-refractivity contribution in [3.05, 3.63) is 52.8 Å². The summed E-state index contributed by atoms with van der Waals surface area (Å²) in [5.74, 6) is 0.925. The Morgan fingerprint density at radius 2 is 1.97 bits per heavy atom. The molecule has 0 unspecified atom stereocenters. The lowest BCUT2D eigenvalue weighted by molar-refractivity contribution is -0.139. The van der Waals surface area contributed by atoms with Crippen molar-refractivity contribution in [3.8, 4) is 28.6 Å². The Hall–Kier alpha value is -3.66. The molecule has 3 aromatic rings. The summed E-state index contributed by atoms with van der Waals surface area (Å²) >= 11 is 5.28. The molecule has 2 N–H and O–H groups in total. The van der Waals surface area contributed by atoms with Crippen LogP contribution in [0.4, 0.5) is 0 Å². The number of methoxy groups -OCH3 is 2. The van der Waals surface area contributed by atoms with Gasteiger partial charge in [-0.25, -0.2) is 9.89 Å². The van der Waals surface area contributed by atoms with Gasteiger partial charge in [-0.1, -0.05) is 12.1 Å². The van der Waals surface area contributed by atoms with Crippen LogP contribution in [0.1, 0.15) is 5.56 Å². The van der Waals surface area contributed by atoms with Gasteiger partial charge in [0.15, 0.2) is 23.9 Å². The first kappa shape index (κ1) is 20.1. The summed E-state index contributed by atoms with van der Waals surface area (Å²) in [6.45, 7) is -0.452. The molecule has 1 heterocycles. The average molecular weight is 414 g/mol. The van der Waals surface area contributed by atoms with Gasteiger partial charge in [0.2, 0.25) is 4.77 Å². The van der Waals surface area contributed by atoms with Crippen LogP contribution < -0.4 is 14.2 Å². The minimum atomic E-state index is -1.07. The number of ether oxygens (including phenoxy) is 3. The topological polar surface area (TPSA) is 111 Å². The molecule has 0 aliphatic rings. The Bertz CT molecular complexity index is 1110. The molecule has 29 heavy (non-hydrogen) atoms. The zero-order valence-electron chi connectivity index (χ0n) is 15.7. The van der Waals surface area contributed by atoms with Gasteiger partial charge in [-0.2, -0.15) is 14.9 Å². The SMILES string of the molecule is COc1ccc(-c2n[nH]c(=S)n2/N=C/c2ccccc2OCC(=O)O)cc1OC. The largest absolute Gasteiger partial charge is 0.493 e. The van der Waals surface area contributed by atoms with Gasteiger partial charge in [-0.3, -0.25) is 0 Å². The van der Waals surface area contributed by atoms with E-state index in [-0.39, 0.29) is 4.77 Å². The highest BCUT2D eigenvalue weighted by molar-refractivity contribution is 7.71. The zero-order chi connectivity index (χ0) is 20.8. The average Bonchev–Trinajstić information content (AvgIpc) is 3.11. The van der Waals surface area contributed by atoms with Gasteiger partial charge in [-0.15, -0.1) is 0 Å². The lowest BCUT2D eigenvalue weighted by Gasteiger charge is -2.09. The molecule has 3 rings (SSSR count). The number of nitrogens with zero attached hydrogens (tertiary/aromatic N) is 3. The van der Waals surface area contributed by atoms with Crippen molar-refractivity contribution >= 4 is 24.4 Å². The molecule has 0 aliphatic carbocycles. The number of hydrogen-bond acceptors (Lipinski definition) is 7. The van der Waals surface area contributed by atoms with Crippen molar-refractivity contribution in [3.63, 3.8) is 0 Å². The number of carbonyl (C=O) groups is 1. The van der Waals surface area contributed by atoms with Gasteiger partial charge >= 0.3 is 5.97 Å². The van der Waals surface area contributed by atoms with Crippen molar-refractivity contribution in [2.45, 2.75) is 0 Å². The van der Waals surface area contributed by atoms with E-state index in [1.54, 1.807) is 50.6 Å². The lowest BCUT2D eigenvalue weighted by atomic mass is 10.2. The van der Waals surface area contributed by atoms with Crippen molar-refractivity contribution in [2.24, 2.45) is 5.10 Å². The van der Waals surface area contributed by atoms with Crippen LogP contribution in [0.25, 0.3) is 11.4 Å². The number of aliphatic carboxylic acids is 1. The molecule has 9 nitrogen and oxygen atoms in total. The molecule has 0 saturated heterocycles. The Balaban J connectivity index is 1.96. The predicted octanol–water partition coefficient (Wildman–Crippen LogP) is 2.97. The van der Waals surface area contributed by atoms with Gasteiger partial charge in [0, 0.05) is 11.1 Å². The molecule has 10 heteroatoms. The van der Waals surface area contributed by atoms with Gasteiger partial charge in [0.05, 0.1) is 20.4 Å². The van der Waals surface area contributed by atoms with Gasteiger partial charge < -0.3 is 19.3 Å². The molecule has 0 radical (unpaired) electrons. The van der Waals surface area contributed by atoms with Crippen LogP contribution in [0, 0.1) is 4.77 Å². The van der Waals surface area contributed by atoms with Crippen LogP contribution >= 0.6 is 12.2 Å². The Kier molecular flexibility index (Phi) is 6.25. The molecule has 0 spiro atoms. The molecular weight excluding hydrogens is 396 g/mol. The quantitative estimate of drug-likeness (QED) is 0.431. The highest BCUT2D eigenvalue weighted by atomic mass is 32.1. The number of aromatic nitrogens is 3. The van der Waals surface area contributed by atoms with Crippen LogP contribution in [-0.2, 0) is 4.79 Å². The first-order valence-electron chi connectivity index (χ1n) is 8.41. The normalized spacial score (nSPS) is 10.8. The van der Waals surface area contributed by atoms with E-state index in [0.717, 1.165) is 0 Å². The molecule has 0 atom stereocenters. The van der Waals surface area contributed by atoms with Crippen LogP contribution in [0.2, 0.25) is 0 Å². The van der Waals surface area contributed by atoms with Gasteiger partial charge in [0.25, 0.3) is 0 Å². The zero-order valence-corrected chi connectivity index (χ0v) is 16.5. The summed E-state index contributed by atoms with van der Waals surface area (Å²) < 4.78 is 17.6. The second-order valence-corrected chi connectivity index (χ2v) is 6.09. The fourth-order valence-electron chi connectivity index (χ4n) is 2.54. The van der Waals surface area contributed by atoms with E-state index in [1.165, 1.54) is 10.9 Å². The summed E-state index contributed by atoms with van der Waals surface area (Å²) in [6, 6.07) is 12.3. The molecule has 0 fully saturated rings. The molecule has 0 bridgehead atoms. The summed E-state index contributed by atoms with van der Waals surface area (Å²) in [5.41, 5.74) is 1.30. The van der Waals surface area contributed by atoms with E-state index in [1.807, 2.05) is 6.07 Å². The van der Waals surface area contributed by atoms with Crippen LogP contribution in [-0.4, -0.2) is 53.0 Å². The maximum absolute atomic E-state index is 10.8. The Morgan fingerprint density at radius 3 is 2.69 bits per heavy atom. The maximum atomic E-state index is 10.8. The van der Waals surface area contributed by atoms with E-state index in [2.05, 4.69) is 15.3 Å². The van der Waals surface area contributed by atoms with Crippen molar-refractivity contribution in [2.75, 3.05) is 20.8 Å². The Labute approximate surface area is 171 Å². The Morgan fingerprint density at radius 1 is 1.21 bits per heavy atom. The van der Waals surface area contributed by atoms with E-state index >= 15 is 0 Å². The summed E-state index contributed by atoms with van der Waals surface area (Å²) in [5, 5.41) is 20.2. The fraction of sp³-hybridized carbons (Fsp3) is 0.158. The molecule has 150 valence electrons. The summed E-state index contributed by atoms with van der Waals surface area (Å²) in [4.78, 5) is 10.8. The first-order chi connectivity index (χ1) is 14.0. The second kappa shape index (κ2) is 9.02. The maximum Gasteiger partial charge on any atom is 0.341 e. The van der Waals surface area contributed by atoms with Crippen molar-refractivity contribution in [1.82, 2.24) is 14.9 Å². The first-order valence-corrected chi connectivity index (χ1v) is 8.82. The number of rotatable bonds is 8. The highest BCUT2D eigenvalue weighted by Crippen LogP contribution is 2.31. The standard InChI is InChI=1S/C19H18N4O5S/c1-26-15-8-7-12(9-16(15)27-2)18-21-22-19(29)23(18)20-10-13-5-3-4-6-14(13)28-11-17(24)25/h3-10H,11H2,1-2H3,(H,22,29)(H,24,25)/b20-10+. The van der Waals surface area contributed by atoms with Crippen molar-refractivity contribution in [1.29, 1.82) is 0 Å². The lowest BCUT2D eigenvalue weighted by Crippen LogP contribution is -2.10. The number of H-pyrrole nitrogens is 1. The minimum Gasteiger partial charge on any atom is -0.493 e. The molecule has 0 amide bonds. The smallest absolute Gasteiger partial charge is 0.341 e. The van der Waals surface area contributed by atoms with E-state index < -0.39 is 12.6 Å². The van der Waals surface area contributed by atoms with Crippen LogP contribution in [0.3, 0.4) is 0 Å². The summed E-state index contributed by atoms with van der Waals surface area (Å²) in [7, 11) is 3.10. The van der Waals surface area contributed by atoms with Gasteiger partial charge in [-0.05, 0) is 42.5 Å². The number of benzene rings is 2. The van der Waals surface area contributed by atoms with Crippen LogP contribution in [0.15, 0.2) is 47.6 Å². The minimum absolute atomic E-state index is 0.287.